The summed E-state index contributed by atoms with van der Waals surface area (Å²) in [6.07, 6.45) is 3.05. The first-order valence-electron chi connectivity index (χ1n) is 11.8. The van der Waals surface area contributed by atoms with Crippen LogP contribution in [0.3, 0.4) is 0 Å². The van der Waals surface area contributed by atoms with Gasteiger partial charge in [0.2, 0.25) is 22.0 Å². The maximum absolute atomic E-state index is 13.8. The molecule has 1 aliphatic carbocycles. The number of hydrogen-bond donors (Lipinski definition) is 0. The molecule has 1 fully saturated rings. The quantitative estimate of drug-likeness (QED) is 0.498. The van der Waals surface area contributed by atoms with E-state index in [1.54, 1.807) is 24.3 Å². The largest absolute Gasteiger partial charge is 0.495 e. The second kappa shape index (κ2) is 11.1. The van der Waals surface area contributed by atoms with Gasteiger partial charge >= 0.3 is 5.97 Å². The Bertz CT molecular complexity index is 1230. The Morgan fingerprint density at radius 2 is 1.83 bits per heavy atom. The average molecular weight is 537 g/mol. The molecule has 1 amide bonds. The molecule has 1 unspecified atom stereocenters. The number of rotatable bonds is 7. The number of anilines is 1. The zero-order chi connectivity index (χ0) is 25.9. The molecule has 1 atom stereocenters. The van der Waals surface area contributed by atoms with Crippen LogP contribution in [-0.4, -0.2) is 64.1 Å². The van der Waals surface area contributed by atoms with E-state index in [9.17, 15) is 18.0 Å². The van der Waals surface area contributed by atoms with Crippen LogP contribution in [0.4, 0.5) is 5.69 Å². The molecule has 1 heterocycles. The van der Waals surface area contributed by atoms with Gasteiger partial charge in [-0.25, -0.2) is 13.2 Å². The number of carbonyl (C=O) groups is 2. The van der Waals surface area contributed by atoms with Gasteiger partial charge in [0, 0.05) is 6.04 Å². The third kappa shape index (κ3) is 5.30. The van der Waals surface area contributed by atoms with Crippen LogP contribution >= 0.6 is 11.6 Å². The lowest BCUT2D eigenvalue weighted by molar-refractivity contribution is -0.148. The molecule has 0 spiro atoms. The van der Waals surface area contributed by atoms with Gasteiger partial charge in [0.25, 0.3) is 0 Å². The number of halogens is 1. The van der Waals surface area contributed by atoms with E-state index in [1.807, 2.05) is 0 Å². The van der Waals surface area contributed by atoms with E-state index in [0.29, 0.717) is 30.0 Å². The predicted molar refractivity (Wildman–Crippen MR) is 134 cm³/mol. The van der Waals surface area contributed by atoms with Crippen LogP contribution in [0, 0.1) is 0 Å². The van der Waals surface area contributed by atoms with Crippen molar-refractivity contribution in [1.82, 2.24) is 4.31 Å². The lowest BCUT2D eigenvalue weighted by atomic mass is 9.95. The van der Waals surface area contributed by atoms with Gasteiger partial charge in [-0.15, -0.1) is 0 Å². The van der Waals surface area contributed by atoms with Gasteiger partial charge in [-0.2, -0.15) is 4.31 Å². The number of fused-ring (bicyclic) bond motifs is 1. The minimum atomic E-state index is -4.07. The summed E-state index contributed by atoms with van der Waals surface area (Å²) in [5.41, 5.74) is 0.469. The highest BCUT2D eigenvalue weighted by Gasteiger charge is 2.39. The number of para-hydroxylation sites is 2. The lowest BCUT2D eigenvalue weighted by Crippen LogP contribution is -2.52. The molecular formula is C25H29ClN2O7S. The first-order chi connectivity index (χ1) is 17.3. The van der Waals surface area contributed by atoms with Crippen molar-refractivity contribution in [3.63, 3.8) is 0 Å². The average Bonchev–Trinajstić information content (AvgIpc) is 2.90. The number of hydrogen-bond acceptors (Lipinski definition) is 7. The van der Waals surface area contributed by atoms with Gasteiger partial charge in [-0.05, 0) is 43.2 Å². The van der Waals surface area contributed by atoms with E-state index in [2.05, 4.69) is 0 Å². The topological polar surface area (TPSA) is 102 Å². The Morgan fingerprint density at radius 3 is 2.50 bits per heavy atom. The van der Waals surface area contributed by atoms with Gasteiger partial charge in [-0.1, -0.05) is 43.0 Å². The fourth-order valence-corrected chi connectivity index (χ4v) is 6.65. The number of carbonyl (C=O) groups excluding carboxylic acids is 2. The highest BCUT2D eigenvalue weighted by atomic mass is 35.5. The molecule has 11 heteroatoms. The SMILES string of the molecule is COC(=O)C1CN(C(=O)CN(C2CCCCC2)S(=O)(=O)c2ccc(OC)c(Cl)c2)c2ccccc2O1. The van der Waals surface area contributed by atoms with Crippen LogP contribution < -0.4 is 14.4 Å². The minimum Gasteiger partial charge on any atom is -0.495 e. The number of esters is 1. The molecule has 9 nitrogen and oxygen atoms in total. The summed E-state index contributed by atoms with van der Waals surface area (Å²) in [7, 11) is -1.38. The molecule has 0 N–H and O–H groups in total. The van der Waals surface area contributed by atoms with E-state index >= 15 is 0 Å². The standard InChI is InChI=1S/C25H29ClN2O7S/c1-33-21-13-12-18(14-19(21)26)36(31,32)28(17-8-4-3-5-9-17)16-24(29)27-15-23(25(30)34-2)35-22-11-7-6-10-20(22)27/h6-7,10-14,17,23H,3-5,8-9,15-16H2,1-2H3. The molecule has 2 aliphatic rings. The first-order valence-corrected chi connectivity index (χ1v) is 13.6. The number of amides is 1. The highest BCUT2D eigenvalue weighted by molar-refractivity contribution is 7.89. The lowest BCUT2D eigenvalue weighted by Gasteiger charge is -2.37. The molecular weight excluding hydrogens is 508 g/mol. The summed E-state index contributed by atoms with van der Waals surface area (Å²) in [6.45, 7) is -0.478. The normalized spacial score (nSPS) is 18.3. The maximum atomic E-state index is 13.8. The monoisotopic (exact) mass is 536 g/mol. The second-order valence-electron chi connectivity index (χ2n) is 8.74. The summed E-state index contributed by atoms with van der Waals surface area (Å²) in [4.78, 5) is 27.3. The van der Waals surface area contributed by atoms with Crippen LogP contribution in [0.1, 0.15) is 32.1 Å². The van der Waals surface area contributed by atoms with E-state index in [-0.39, 0.29) is 22.5 Å². The van der Waals surface area contributed by atoms with Crippen LogP contribution in [0.15, 0.2) is 47.4 Å². The predicted octanol–water partition coefficient (Wildman–Crippen LogP) is 3.64. The van der Waals surface area contributed by atoms with Gasteiger partial charge in [-0.3, -0.25) is 4.79 Å². The highest BCUT2D eigenvalue weighted by Crippen LogP contribution is 2.35. The van der Waals surface area contributed by atoms with Gasteiger partial charge in [0.1, 0.15) is 11.5 Å². The molecule has 36 heavy (non-hydrogen) atoms. The smallest absolute Gasteiger partial charge is 0.348 e. The Labute approximate surface area is 215 Å². The summed E-state index contributed by atoms with van der Waals surface area (Å²) in [5, 5.41) is 0.163. The Hall–Kier alpha value is -2.82. The van der Waals surface area contributed by atoms with Crippen LogP contribution in [0.25, 0.3) is 0 Å². The minimum absolute atomic E-state index is 0.0125. The molecule has 0 saturated heterocycles. The molecule has 1 saturated carbocycles. The van der Waals surface area contributed by atoms with Crippen molar-refractivity contribution in [3.05, 3.63) is 47.5 Å². The van der Waals surface area contributed by atoms with Crippen molar-refractivity contribution in [2.24, 2.45) is 0 Å². The van der Waals surface area contributed by atoms with E-state index in [4.69, 9.17) is 25.8 Å². The Balaban J connectivity index is 1.68. The third-order valence-electron chi connectivity index (χ3n) is 6.54. The Morgan fingerprint density at radius 1 is 1.11 bits per heavy atom. The van der Waals surface area contributed by atoms with Crippen molar-refractivity contribution in [1.29, 1.82) is 0 Å². The third-order valence-corrected chi connectivity index (χ3v) is 8.73. The number of nitrogens with zero attached hydrogens (tertiary/aromatic N) is 2. The molecule has 2 aromatic carbocycles. The molecule has 4 rings (SSSR count). The zero-order valence-electron chi connectivity index (χ0n) is 20.2. The molecule has 1 aliphatic heterocycles. The van der Waals surface area contributed by atoms with Gasteiger partial charge < -0.3 is 19.1 Å². The second-order valence-corrected chi connectivity index (χ2v) is 11.0. The molecule has 194 valence electrons. The number of sulfonamides is 1. The number of ether oxygens (including phenoxy) is 3. The molecule has 2 aromatic rings. The number of benzene rings is 2. The summed E-state index contributed by atoms with van der Waals surface area (Å²) < 4.78 is 44.6. The van der Waals surface area contributed by atoms with Crippen LogP contribution in [0.2, 0.25) is 5.02 Å². The van der Waals surface area contributed by atoms with E-state index in [0.717, 1.165) is 19.3 Å². The van der Waals surface area contributed by atoms with Crippen molar-refractivity contribution in [3.8, 4) is 11.5 Å². The molecule has 0 radical (unpaired) electrons. The van der Waals surface area contributed by atoms with Crippen molar-refractivity contribution < 1.29 is 32.2 Å². The zero-order valence-corrected chi connectivity index (χ0v) is 21.8. The maximum Gasteiger partial charge on any atom is 0.348 e. The molecule has 0 aromatic heterocycles. The Kier molecular flexibility index (Phi) is 8.07. The van der Waals surface area contributed by atoms with Crippen LogP contribution in [0.5, 0.6) is 11.5 Å². The van der Waals surface area contributed by atoms with Gasteiger partial charge in [0.15, 0.2) is 0 Å². The van der Waals surface area contributed by atoms with Crippen molar-refractivity contribution in [2.75, 3.05) is 32.2 Å². The number of methoxy groups -OCH3 is 2. The first kappa shape index (κ1) is 26.2. The fraction of sp³-hybridized carbons (Fsp3) is 0.440. The fourth-order valence-electron chi connectivity index (χ4n) is 4.67. The summed E-state index contributed by atoms with van der Waals surface area (Å²) >= 11 is 6.23. The van der Waals surface area contributed by atoms with Crippen LogP contribution in [-0.2, 0) is 24.3 Å². The van der Waals surface area contributed by atoms with Gasteiger partial charge in [0.05, 0.1) is 42.9 Å². The van der Waals surface area contributed by atoms with Crippen molar-refractivity contribution in [2.45, 2.75) is 49.1 Å². The molecule has 0 bridgehead atoms. The van der Waals surface area contributed by atoms with Crippen molar-refractivity contribution >= 4 is 39.2 Å². The van der Waals surface area contributed by atoms with E-state index in [1.165, 1.54) is 41.6 Å². The summed E-state index contributed by atoms with van der Waals surface area (Å²) in [6, 6.07) is 10.8. The van der Waals surface area contributed by atoms with E-state index < -0.39 is 34.5 Å². The summed E-state index contributed by atoms with van der Waals surface area (Å²) in [5.74, 6) is -0.378.